The van der Waals surface area contributed by atoms with Crippen LogP contribution in [0.25, 0.3) is 33.5 Å². The summed E-state index contributed by atoms with van der Waals surface area (Å²) in [5.74, 6) is -0.932. The van der Waals surface area contributed by atoms with Gasteiger partial charge in [-0.2, -0.15) is 0 Å². The minimum absolute atomic E-state index is 0. The summed E-state index contributed by atoms with van der Waals surface area (Å²) in [5.41, 5.74) is 15.5. The molecular weight excluding hydrogens is 660 g/mol. The van der Waals surface area contributed by atoms with E-state index in [-0.39, 0.29) is 24.2 Å². The number of carbonyl (C=O) groups excluding carboxylic acids is 2. The van der Waals surface area contributed by atoms with Crippen LogP contribution in [0.1, 0.15) is 22.1 Å². The Hall–Kier alpha value is -7.60. The van der Waals surface area contributed by atoms with Crippen LogP contribution in [0.15, 0.2) is 158 Å². The highest BCUT2D eigenvalue weighted by Gasteiger charge is 2.19. The van der Waals surface area contributed by atoms with Crippen LogP contribution in [0.3, 0.4) is 0 Å². The lowest BCUT2D eigenvalue weighted by Gasteiger charge is -2.10. The summed E-state index contributed by atoms with van der Waals surface area (Å²) in [6, 6.07) is 45.6. The normalized spacial score (nSPS) is 10.2. The van der Waals surface area contributed by atoms with Crippen molar-refractivity contribution in [1.82, 2.24) is 9.97 Å². The number of anilines is 2. The first-order valence-electron chi connectivity index (χ1n) is 15.7. The molecule has 6 aromatic carbocycles. The molecule has 0 aliphatic rings. The Balaban J connectivity index is 0.000000193. The van der Waals surface area contributed by atoms with Gasteiger partial charge in [-0.15, -0.1) is 0 Å². The summed E-state index contributed by atoms with van der Waals surface area (Å²) in [6.45, 7) is 0. The van der Waals surface area contributed by atoms with Gasteiger partial charge in [0.25, 0.3) is 11.4 Å². The van der Waals surface area contributed by atoms with Crippen LogP contribution in [0.2, 0.25) is 0 Å². The van der Waals surface area contributed by atoms with Gasteiger partial charge in [0.15, 0.2) is 5.52 Å². The molecule has 7 rings (SSSR count). The van der Waals surface area contributed by atoms with Crippen molar-refractivity contribution in [3.63, 3.8) is 0 Å². The molecule has 52 heavy (non-hydrogen) atoms. The molecule has 0 spiro atoms. The lowest BCUT2D eigenvalue weighted by atomic mass is 10.0. The zero-order valence-electron chi connectivity index (χ0n) is 28.4. The first-order chi connectivity index (χ1) is 25.2. The highest BCUT2D eigenvalue weighted by atomic mass is 16.6. The number of nitrogen functional groups attached to an aromatic ring is 2. The van der Waals surface area contributed by atoms with Crippen molar-refractivity contribution in [2.75, 3.05) is 11.5 Å². The number of non-ortho nitro benzene ring substituents is 1. The molecular formula is C40H31N6O6+. The van der Waals surface area contributed by atoms with E-state index in [0.29, 0.717) is 33.5 Å². The number of nitro benzene ring substituents is 2. The largest absolute Gasteiger partial charge is 1.00 e. The van der Waals surface area contributed by atoms with Crippen molar-refractivity contribution >= 4 is 45.3 Å². The van der Waals surface area contributed by atoms with Gasteiger partial charge in [-0.05, 0) is 12.1 Å². The number of nitro groups is 2. The van der Waals surface area contributed by atoms with E-state index in [2.05, 4.69) is 4.98 Å². The summed E-state index contributed by atoms with van der Waals surface area (Å²) in [4.78, 5) is 53.5. The van der Waals surface area contributed by atoms with E-state index < -0.39 is 21.4 Å². The zero-order valence-corrected chi connectivity index (χ0v) is 27.4. The number of nitrogens with two attached hydrogens (primary N) is 2. The van der Waals surface area contributed by atoms with Crippen molar-refractivity contribution < 1.29 is 20.9 Å². The minimum atomic E-state index is -0.564. The number of carbonyl (C=O) groups is 2. The van der Waals surface area contributed by atoms with Gasteiger partial charge in [-0.25, -0.2) is 9.97 Å². The molecule has 0 saturated heterocycles. The van der Waals surface area contributed by atoms with E-state index in [9.17, 15) is 29.8 Å². The molecule has 256 valence electrons. The van der Waals surface area contributed by atoms with Gasteiger partial charge < -0.3 is 11.5 Å². The van der Waals surface area contributed by atoms with Gasteiger partial charge in [-0.1, -0.05) is 133 Å². The van der Waals surface area contributed by atoms with Crippen LogP contribution in [-0.4, -0.2) is 31.4 Å². The molecule has 12 heteroatoms. The topological polar surface area (TPSA) is 198 Å². The van der Waals surface area contributed by atoms with Crippen molar-refractivity contribution in [3.8, 4) is 22.5 Å². The third-order valence-corrected chi connectivity index (χ3v) is 7.56. The minimum Gasteiger partial charge on any atom is -0.397 e. The maximum atomic E-state index is 11.8. The molecule has 0 radical (unpaired) electrons. The van der Waals surface area contributed by atoms with Gasteiger partial charge in [0.2, 0.25) is 11.6 Å². The van der Waals surface area contributed by atoms with E-state index in [1.54, 1.807) is 60.7 Å². The maximum absolute atomic E-state index is 11.8. The maximum Gasteiger partial charge on any atom is 1.00 e. The number of para-hydroxylation sites is 2. The third kappa shape index (κ3) is 8.51. The number of Topliss-reactive ketones (excluding diaryl/α,β-unsaturated/α-hetero) is 2. The van der Waals surface area contributed by atoms with Crippen molar-refractivity contribution in [2.45, 2.75) is 0 Å². The fourth-order valence-electron chi connectivity index (χ4n) is 4.98. The Morgan fingerprint density at radius 1 is 0.500 bits per heavy atom. The number of benzene rings is 6. The summed E-state index contributed by atoms with van der Waals surface area (Å²) in [6.07, 6.45) is 0. The van der Waals surface area contributed by atoms with E-state index in [1.165, 1.54) is 24.3 Å². The van der Waals surface area contributed by atoms with E-state index in [1.807, 2.05) is 72.8 Å². The second-order valence-corrected chi connectivity index (χ2v) is 11.0. The van der Waals surface area contributed by atoms with Crippen LogP contribution in [0, 0.1) is 20.2 Å². The number of ketones is 2. The summed E-state index contributed by atoms with van der Waals surface area (Å²) in [5, 5.41) is 21.6. The highest BCUT2D eigenvalue weighted by Crippen LogP contribution is 2.33. The first kappa shape index (κ1) is 35.7. The van der Waals surface area contributed by atoms with Crippen LogP contribution in [-0.2, 0) is 0 Å². The number of rotatable bonds is 7. The summed E-state index contributed by atoms with van der Waals surface area (Å²) in [7, 11) is 0. The number of fused-ring (bicyclic) bond motifs is 1. The van der Waals surface area contributed by atoms with Gasteiger partial charge in [0, 0.05) is 34.4 Å². The Bertz CT molecular complexity index is 2320. The Labute approximate surface area is 298 Å². The predicted octanol–water partition coefficient (Wildman–Crippen LogP) is 8.50. The van der Waals surface area contributed by atoms with Gasteiger partial charge in [0.1, 0.15) is 5.69 Å². The van der Waals surface area contributed by atoms with Gasteiger partial charge >= 0.3 is 1.43 Å². The standard InChI is InChI=1S/C20H13N3O2.C14H10O2.C6H7N3O2/c24-23(25)17-13-7-12-16-20(17)22-19(15-10-5-2-6-11-15)18(21-16)14-8-3-1-4-9-14;15-13(11-7-3-1-4-8-11)14(16)12-9-5-2-6-10-12;7-4-2-1-3-5(6(4)8)9(10)11/h1-13H;1-10H;1-3H,7-8H2/p+1. The lowest BCUT2D eigenvalue weighted by molar-refractivity contribution is -0.383. The molecule has 4 N–H and O–H groups in total. The van der Waals surface area contributed by atoms with Gasteiger partial charge in [0.05, 0.1) is 32.4 Å². The Morgan fingerprint density at radius 2 is 0.904 bits per heavy atom. The number of aromatic nitrogens is 2. The summed E-state index contributed by atoms with van der Waals surface area (Å²) >= 11 is 0. The molecule has 1 heterocycles. The van der Waals surface area contributed by atoms with E-state index >= 15 is 0 Å². The molecule has 0 aliphatic heterocycles. The van der Waals surface area contributed by atoms with Crippen LogP contribution in [0.5, 0.6) is 0 Å². The van der Waals surface area contributed by atoms with E-state index in [0.717, 1.165) is 11.1 Å². The molecule has 0 amide bonds. The highest BCUT2D eigenvalue weighted by molar-refractivity contribution is 6.49. The van der Waals surface area contributed by atoms with Crippen molar-refractivity contribution in [1.29, 1.82) is 0 Å². The van der Waals surface area contributed by atoms with Crippen LogP contribution in [0.4, 0.5) is 22.7 Å². The Morgan fingerprint density at radius 3 is 1.35 bits per heavy atom. The molecule has 0 unspecified atom stereocenters. The molecule has 0 saturated carbocycles. The van der Waals surface area contributed by atoms with Crippen molar-refractivity contribution in [3.05, 3.63) is 189 Å². The molecule has 0 fully saturated rings. The predicted molar refractivity (Wildman–Crippen MR) is 202 cm³/mol. The smallest absolute Gasteiger partial charge is 0.397 e. The number of hydrogen-bond donors (Lipinski definition) is 2. The first-order valence-corrected chi connectivity index (χ1v) is 15.7. The van der Waals surface area contributed by atoms with Gasteiger partial charge in [-0.3, -0.25) is 29.8 Å². The molecule has 0 atom stereocenters. The van der Waals surface area contributed by atoms with Crippen LogP contribution < -0.4 is 11.5 Å². The fraction of sp³-hybridized carbons (Fsp3) is 0. The summed E-state index contributed by atoms with van der Waals surface area (Å²) < 4.78 is 0. The van der Waals surface area contributed by atoms with E-state index in [4.69, 9.17) is 16.5 Å². The molecule has 1 aromatic heterocycles. The number of hydrogen-bond acceptors (Lipinski definition) is 10. The lowest BCUT2D eigenvalue weighted by Crippen LogP contribution is -2.14. The Kier molecular flexibility index (Phi) is 11.4. The second-order valence-electron chi connectivity index (χ2n) is 11.0. The quantitative estimate of drug-likeness (QED) is 0.0537. The number of nitrogens with zero attached hydrogens (tertiary/aromatic N) is 4. The average Bonchev–Trinajstić information content (AvgIpc) is 3.19. The van der Waals surface area contributed by atoms with Crippen LogP contribution >= 0.6 is 0 Å². The third-order valence-electron chi connectivity index (χ3n) is 7.56. The van der Waals surface area contributed by atoms with Crippen molar-refractivity contribution in [2.24, 2.45) is 0 Å². The monoisotopic (exact) mass is 691 g/mol. The molecule has 12 nitrogen and oxygen atoms in total. The molecule has 0 bridgehead atoms. The SMILES string of the molecule is Nc1cccc([N+](=O)[O-])c1N.O=C(C(=O)c1ccccc1)c1ccccc1.O=[N+]([O-])c1cccc2nc(-c3ccccc3)c(-c3ccccc3)nc12.[H+]. The second kappa shape index (κ2) is 16.7. The zero-order chi connectivity index (χ0) is 37.0. The fourth-order valence-corrected chi connectivity index (χ4v) is 4.98. The average molecular weight is 692 g/mol. The molecule has 0 aliphatic carbocycles. The molecule has 7 aromatic rings.